The highest BCUT2D eigenvalue weighted by Gasteiger charge is 2.08. The second kappa shape index (κ2) is 13.3. The zero-order valence-corrected chi connectivity index (χ0v) is 20.0. The second-order valence-electron chi connectivity index (χ2n) is 7.06. The highest BCUT2D eigenvalue weighted by Crippen LogP contribution is 2.24. The zero-order chi connectivity index (χ0) is 22.7. The van der Waals surface area contributed by atoms with Crippen LogP contribution < -0.4 is 5.32 Å². The van der Waals surface area contributed by atoms with Gasteiger partial charge in [0, 0.05) is 22.8 Å². The summed E-state index contributed by atoms with van der Waals surface area (Å²) in [6.07, 6.45) is 6.28. The monoisotopic (exact) mass is 446 g/mol. The third-order valence-corrected chi connectivity index (χ3v) is 5.11. The van der Waals surface area contributed by atoms with E-state index in [-0.39, 0.29) is 6.61 Å². The molecule has 30 heavy (non-hydrogen) atoms. The maximum Gasteiger partial charge on any atom is 0.0796 e. The predicted molar refractivity (Wildman–Crippen MR) is 133 cm³/mol. The largest absolute Gasteiger partial charge is 0.392 e. The van der Waals surface area contributed by atoms with Gasteiger partial charge in [-0.2, -0.15) is 0 Å². The zero-order valence-electron chi connectivity index (χ0n) is 18.5. The van der Waals surface area contributed by atoms with Crippen LogP contribution in [0.25, 0.3) is 0 Å². The number of nitrogens with one attached hydrogen (secondary N) is 1. The number of aliphatic hydroxyl groups excluding tert-OH is 1. The number of nitrogens with zero attached hydrogens (tertiary/aromatic N) is 1. The van der Waals surface area contributed by atoms with Crippen LogP contribution in [-0.4, -0.2) is 17.9 Å². The molecule has 0 spiro atoms. The molecule has 0 aliphatic heterocycles. The van der Waals surface area contributed by atoms with E-state index >= 15 is 0 Å². The molecule has 0 saturated carbocycles. The second-order valence-corrected chi connectivity index (χ2v) is 7.90. The van der Waals surface area contributed by atoms with Crippen LogP contribution in [-0.2, 0) is 6.61 Å². The maximum absolute atomic E-state index is 9.24. The van der Waals surface area contributed by atoms with E-state index in [1.807, 2.05) is 45.0 Å². The van der Waals surface area contributed by atoms with Crippen molar-refractivity contribution in [2.24, 2.45) is 4.99 Å². The van der Waals surface area contributed by atoms with Crippen molar-refractivity contribution in [2.45, 2.75) is 47.1 Å². The molecular weight excluding hydrogens is 415 g/mol. The van der Waals surface area contributed by atoms with Gasteiger partial charge in [0.2, 0.25) is 0 Å². The van der Waals surface area contributed by atoms with Crippen molar-refractivity contribution in [1.82, 2.24) is 0 Å². The topological polar surface area (TPSA) is 44.6 Å². The number of hydrogen-bond donors (Lipinski definition) is 2. The molecule has 162 valence electrons. The third kappa shape index (κ3) is 8.35. The van der Waals surface area contributed by atoms with Gasteiger partial charge in [-0.25, -0.2) is 0 Å². The lowest BCUT2D eigenvalue weighted by Crippen LogP contribution is -2.10. The first-order valence-corrected chi connectivity index (χ1v) is 10.7. The number of benzene rings is 2. The Bertz CT molecular complexity index is 894. The molecule has 0 heterocycles. The molecule has 0 unspecified atom stereocenters. The Morgan fingerprint density at radius 1 is 1.10 bits per heavy atom. The van der Waals surface area contributed by atoms with Crippen molar-refractivity contribution in [3.63, 3.8) is 0 Å². The number of aliphatic imine (C=N–C) groups is 1. The molecule has 0 aliphatic rings. The number of anilines is 1. The van der Waals surface area contributed by atoms with Crippen molar-refractivity contribution in [2.75, 3.05) is 12.4 Å². The number of aliphatic hydroxyl groups is 1. The molecule has 5 heteroatoms. The van der Waals surface area contributed by atoms with E-state index in [0.717, 1.165) is 62.2 Å². The molecule has 2 aromatic rings. The van der Waals surface area contributed by atoms with Gasteiger partial charge in [-0.05, 0) is 73.7 Å². The number of halogens is 2. The Hall–Kier alpha value is -2.07. The molecule has 0 aromatic heterocycles. The fraction of sp³-hybridized carbons (Fsp3) is 0.320. The number of aryl methyl sites for hydroxylation is 3. The van der Waals surface area contributed by atoms with Crippen LogP contribution in [0.3, 0.4) is 0 Å². The van der Waals surface area contributed by atoms with Crippen molar-refractivity contribution in [3.05, 3.63) is 87.1 Å². The minimum atomic E-state index is 0.0599. The van der Waals surface area contributed by atoms with Crippen LogP contribution in [0.1, 0.15) is 42.0 Å². The Morgan fingerprint density at radius 2 is 1.73 bits per heavy atom. The first kappa shape index (κ1) is 26.0. The normalized spacial score (nSPS) is 11.3. The summed E-state index contributed by atoms with van der Waals surface area (Å²) in [6.45, 7) is 12.3. The van der Waals surface area contributed by atoms with Crippen LogP contribution >= 0.6 is 23.2 Å². The van der Waals surface area contributed by atoms with Crippen molar-refractivity contribution < 1.29 is 5.11 Å². The first-order chi connectivity index (χ1) is 14.2. The van der Waals surface area contributed by atoms with Crippen LogP contribution in [0, 0.1) is 20.8 Å². The Kier molecular flexibility index (Phi) is 11.5. The van der Waals surface area contributed by atoms with E-state index in [1.54, 1.807) is 19.2 Å². The Labute approximate surface area is 191 Å². The Morgan fingerprint density at radius 3 is 2.20 bits per heavy atom. The molecule has 3 nitrogen and oxygen atoms in total. The summed E-state index contributed by atoms with van der Waals surface area (Å²) in [6, 6.07) is 9.37. The average molecular weight is 447 g/mol. The summed E-state index contributed by atoms with van der Waals surface area (Å²) in [5.74, 6) is 0. The van der Waals surface area contributed by atoms with E-state index < -0.39 is 0 Å². The summed E-state index contributed by atoms with van der Waals surface area (Å²) in [5.41, 5.74) is 6.79. The molecule has 0 amide bonds. The minimum absolute atomic E-state index is 0.0599. The fourth-order valence-electron chi connectivity index (χ4n) is 2.84. The smallest absolute Gasteiger partial charge is 0.0796 e. The van der Waals surface area contributed by atoms with Crippen LogP contribution in [0.5, 0.6) is 0 Å². The SMILES string of the molecule is C=C(Nc1c(C)cc(CO)cc1C)C(/C=C\CCC)=NC.Cc1cc(Cl)ccc1Cl. The number of allylic oxidation sites excluding steroid dienone is 2. The molecule has 0 aliphatic carbocycles. The van der Waals surface area contributed by atoms with E-state index in [4.69, 9.17) is 23.2 Å². The summed E-state index contributed by atoms with van der Waals surface area (Å²) in [4.78, 5) is 4.28. The van der Waals surface area contributed by atoms with Crippen molar-refractivity contribution in [1.29, 1.82) is 0 Å². The third-order valence-electron chi connectivity index (χ3n) is 4.45. The van der Waals surface area contributed by atoms with Gasteiger partial charge in [0.1, 0.15) is 0 Å². The van der Waals surface area contributed by atoms with Gasteiger partial charge in [-0.3, -0.25) is 4.99 Å². The molecule has 0 bridgehead atoms. The van der Waals surface area contributed by atoms with Crippen LogP contribution in [0.4, 0.5) is 5.69 Å². The van der Waals surface area contributed by atoms with Gasteiger partial charge in [-0.15, -0.1) is 0 Å². The molecule has 0 radical (unpaired) electrons. The summed E-state index contributed by atoms with van der Waals surface area (Å²) >= 11 is 11.4. The number of hydrogen-bond acceptors (Lipinski definition) is 3. The highest BCUT2D eigenvalue weighted by molar-refractivity contribution is 6.33. The van der Waals surface area contributed by atoms with E-state index in [2.05, 4.69) is 29.9 Å². The van der Waals surface area contributed by atoms with Crippen molar-refractivity contribution >= 4 is 34.6 Å². The van der Waals surface area contributed by atoms with Gasteiger partial charge in [0.15, 0.2) is 0 Å². The highest BCUT2D eigenvalue weighted by atomic mass is 35.5. The van der Waals surface area contributed by atoms with Crippen LogP contribution in [0.15, 0.2) is 59.8 Å². The van der Waals surface area contributed by atoms with Gasteiger partial charge >= 0.3 is 0 Å². The predicted octanol–water partition coefficient (Wildman–Crippen LogP) is 7.45. The molecule has 2 rings (SSSR count). The summed E-state index contributed by atoms with van der Waals surface area (Å²) < 4.78 is 0. The lowest BCUT2D eigenvalue weighted by Gasteiger charge is -2.16. The number of rotatable bonds is 7. The lowest BCUT2D eigenvalue weighted by atomic mass is 10.0. The summed E-state index contributed by atoms with van der Waals surface area (Å²) in [7, 11) is 1.77. The quantitative estimate of drug-likeness (QED) is 0.433. The summed E-state index contributed by atoms with van der Waals surface area (Å²) in [5, 5.41) is 14.1. The van der Waals surface area contributed by atoms with Crippen LogP contribution in [0.2, 0.25) is 10.0 Å². The number of unbranched alkanes of at least 4 members (excludes halogenated alkanes) is 1. The van der Waals surface area contributed by atoms with Gasteiger partial charge in [-0.1, -0.05) is 61.3 Å². The molecule has 0 saturated heterocycles. The van der Waals surface area contributed by atoms with Crippen molar-refractivity contribution in [3.8, 4) is 0 Å². The van der Waals surface area contributed by atoms with Gasteiger partial charge in [0.25, 0.3) is 0 Å². The molecule has 2 N–H and O–H groups in total. The van der Waals surface area contributed by atoms with E-state index in [9.17, 15) is 5.11 Å². The molecule has 0 atom stereocenters. The Balaban J connectivity index is 0.000000414. The molecular formula is C25H32Cl2N2O. The van der Waals surface area contributed by atoms with Gasteiger partial charge in [0.05, 0.1) is 18.0 Å². The van der Waals surface area contributed by atoms with E-state index in [1.165, 1.54) is 0 Å². The standard InChI is InChI=1S/C18H26N2O.C7H6Cl2/c1-6-7-8-9-17(19-5)15(4)20-18-13(2)10-16(12-21)11-14(18)3;1-5-4-6(8)2-3-7(5)9/h8-11,20-21H,4,6-7,12H2,1-3,5H3;2-4H,1H3/b9-8-,19-17?;. The van der Waals surface area contributed by atoms with E-state index in [0.29, 0.717) is 0 Å². The minimum Gasteiger partial charge on any atom is -0.392 e. The fourth-order valence-corrected chi connectivity index (χ4v) is 3.18. The molecule has 0 fully saturated rings. The average Bonchev–Trinajstić information content (AvgIpc) is 2.71. The molecule has 2 aromatic carbocycles. The maximum atomic E-state index is 9.24. The lowest BCUT2D eigenvalue weighted by molar-refractivity contribution is 0.281. The first-order valence-electron chi connectivity index (χ1n) is 9.95. The van der Waals surface area contributed by atoms with Gasteiger partial charge < -0.3 is 10.4 Å².